The van der Waals surface area contributed by atoms with E-state index in [1.807, 2.05) is 11.0 Å². The molecule has 1 fully saturated rings. The van der Waals surface area contributed by atoms with Crippen molar-refractivity contribution in [2.24, 2.45) is 0 Å². The molecule has 1 aromatic heterocycles. The molecule has 0 spiro atoms. The summed E-state index contributed by atoms with van der Waals surface area (Å²) in [5, 5.41) is 17.6. The SMILES string of the molecule is Cc1nnc(CN2C[C@@H](O)C[C@@H]2c2cccc(F)c2)o1. The molecule has 0 bridgehead atoms. The van der Waals surface area contributed by atoms with E-state index in [9.17, 15) is 9.50 Å². The molecule has 6 heteroatoms. The number of likely N-dealkylation sites (tertiary alicyclic amines) is 1. The predicted octanol–water partition coefficient (Wildman–Crippen LogP) is 1.83. The number of nitrogens with zero attached hydrogens (tertiary/aromatic N) is 3. The van der Waals surface area contributed by atoms with E-state index in [-0.39, 0.29) is 11.9 Å². The van der Waals surface area contributed by atoms with Crippen molar-refractivity contribution in [1.29, 1.82) is 0 Å². The lowest BCUT2D eigenvalue weighted by molar-refractivity contribution is 0.167. The molecule has 0 aliphatic carbocycles. The van der Waals surface area contributed by atoms with Gasteiger partial charge in [0, 0.05) is 19.5 Å². The number of rotatable bonds is 3. The first-order chi connectivity index (χ1) is 9.61. The third kappa shape index (κ3) is 2.71. The zero-order valence-electron chi connectivity index (χ0n) is 11.2. The fourth-order valence-electron chi connectivity index (χ4n) is 2.69. The number of β-amino-alcohol motifs (C(OH)–C–C–N with tert-alkyl or cyclic N) is 1. The summed E-state index contributed by atoms with van der Waals surface area (Å²) in [7, 11) is 0. The Bertz CT molecular complexity index is 602. The summed E-state index contributed by atoms with van der Waals surface area (Å²) in [6, 6.07) is 6.45. The summed E-state index contributed by atoms with van der Waals surface area (Å²) in [6.45, 7) is 2.71. The smallest absolute Gasteiger partial charge is 0.230 e. The highest BCUT2D eigenvalue weighted by molar-refractivity contribution is 5.21. The summed E-state index contributed by atoms with van der Waals surface area (Å²) >= 11 is 0. The van der Waals surface area contributed by atoms with Crippen LogP contribution in [0.4, 0.5) is 4.39 Å². The molecule has 0 radical (unpaired) electrons. The summed E-state index contributed by atoms with van der Waals surface area (Å²) < 4.78 is 18.7. The van der Waals surface area contributed by atoms with Crippen molar-refractivity contribution in [2.45, 2.75) is 32.0 Å². The van der Waals surface area contributed by atoms with Crippen LogP contribution < -0.4 is 0 Å². The van der Waals surface area contributed by atoms with Gasteiger partial charge >= 0.3 is 0 Å². The van der Waals surface area contributed by atoms with Gasteiger partial charge < -0.3 is 9.52 Å². The molecule has 20 heavy (non-hydrogen) atoms. The van der Waals surface area contributed by atoms with Gasteiger partial charge in [-0.05, 0) is 24.1 Å². The second kappa shape index (κ2) is 5.30. The number of aliphatic hydroxyl groups excluding tert-OH is 1. The molecule has 0 amide bonds. The minimum atomic E-state index is -0.424. The molecule has 3 rings (SSSR count). The highest BCUT2D eigenvalue weighted by Crippen LogP contribution is 2.33. The maximum atomic E-state index is 13.4. The fraction of sp³-hybridized carbons (Fsp3) is 0.429. The second-order valence-corrected chi connectivity index (χ2v) is 5.10. The first-order valence-corrected chi connectivity index (χ1v) is 6.58. The number of hydrogen-bond donors (Lipinski definition) is 1. The molecule has 1 aliphatic rings. The first kappa shape index (κ1) is 13.2. The molecule has 1 N–H and O–H groups in total. The predicted molar refractivity (Wildman–Crippen MR) is 69.2 cm³/mol. The Morgan fingerprint density at radius 3 is 3.00 bits per heavy atom. The van der Waals surface area contributed by atoms with Crippen LogP contribution in [0.1, 0.15) is 29.8 Å². The molecule has 0 saturated carbocycles. The van der Waals surface area contributed by atoms with Crippen molar-refractivity contribution in [2.75, 3.05) is 6.54 Å². The van der Waals surface area contributed by atoms with E-state index in [4.69, 9.17) is 4.42 Å². The van der Waals surface area contributed by atoms with Gasteiger partial charge in [0.05, 0.1) is 12.6 Å². The van der Waals surface area contributed by atoms with Crippen LogP contribution in [0.15, 0.2) is 28.7 Å². The zero-order valence-corrected chi connectivity index (χ0v) is 11.2. The minimum absolute atomic E-state index is 0.0343. The van der Waals surface area contributed by atoms with Gasteiger partial charge in [-0.3, -0.25) is 4.90 Å². The standard InChI is InChI=1S/C14H16FN3O2/c1-9-16-17-14(20-9)8-18-7-12(19)6-13(18)10-3-2-4-11(15)5-10/h2-5,12-13,19H,6-8H2,1H3/t12-,13+/m0/s1. The van der Waals surface area contributed by atoms with Crippen molar-refractivity contribution in [3.8, 4) is 0 Å². The van der Waals surface area contributed by atoms with Gasteiger partial charge in [0.15, 0.2) is 0 Å². The number of aromatic nitrogens is 2. The number of aliphatic hydroxyl groups is 1. The van der Waals surface area contributed by atoms with Gasteiger partial charge in [0.25, 0.3) is 0 Å². The van der Waals surface area contributed by atoms with Crippen molar-refractivity contribution in [1.82, 2.24) is 15.1 Å². The van der Waals surface area contributed by atoms with E-state index in [0.717, 1.165) is 5.56 Å². The lowest BCUT2D eigenvalue weighted by atomic mass is 10.0. The van der Waals surface area contributed by atoms with Crippen LogP contribution in [0.3, 0.4) is 0 Å². The lowest BCUT2D eigenvalue weighted by Crippen LogP contribution is -2.24. The normalized spacial score (nSPS) is 23.4. The monoisotopic (exact) mass is 277 g/mol. The van der Waals surface area contributed by atoms with E-state index in [1.165, 1.54) is 12.1 Å². The first-order valence-electron chi connectivity index (χ1n) is 6.58. The number of aryl methyl sites for hydroxylation is 1. The summed E-state index contributed by atoms with van der Waals surface area (Å²) in [5.74, 6) is 0.762. The van der Waals surface area contributed by atoms with E-state index in [1.54, 1.807) is 13.0 Å². The minimum Gasteiger partial charge on any atom is -0.424 e. The summed E-state index contributed by atoms with van der Waals surface area (Å²) in [6.07, 6.45) is 0.156. The maximum absolute atomic E-state index is 13.4. The van der Waals surface area contributed by atoms with Gasteiger partial charge in [-0.1, -0.05) is 12.1 Å². The van der Waals surface area contributed by atoms with Gasteiger partial charge in [0.2, 0.25) is 11.8 Å². The largest absolute Gasteiger partial charge is 0.424 e. The highest BCUT2D eigenvalue weighted by Gasteiger charge is 2.33. The molecule has 1 aromatic carbocycles. The van der Waals surface area contributed by atoms with Gasteiger partial charge in [-0.25, -0.2) is 4.39 Å². The maximum Gasteiger partial charge on any atom is 0.230 e. The number of benzene rings is 1. The topological polar surface area (TPSA) is 62.4 Å². The van der Waals surface area contributed by atoms with Crippen LogP contribution in [0.2, 0.25) is 0 Å². The van der Waals surface area contributed by atoms with Crippen molar-refractivity contribution < 1.29 is 13.9 Å². The molecule has 5 nitrogen and oxygen atoms in total. The third-order valence-corrected chi connectivity index (χ3v) is 3.52. The molecule has 1 saturated heterocycles. The molecular weight excluding hydrogens is 261 g/mol. The van der Waals surface area contributed by atoms with Crippen LogP contribution in [0.25, 0.3) is 0 Å². The van der Waals surface area contributed by atoms with Crippen LogP contribution >= 0.6 is 0 Å². The van der Waals surface area contributed by atoms with Gasteiger partial charge in [-0.2, -0.15) is 0 Å². The van der Waals surface area contributed by atoms with Crippen LogP contribution in [-0.4, -0.2) is 32.9 Å². The molecule has 0 unspecified atom stereocenters. The summed E-state index contributed by atoms with van der Waals surface area (Å²) in [4.78, 5) is 2.03. The average molecular weight is 277 g/mol. The Labute approximate surface area is 116 Å². The van der Waals surface area contributed by atoms with E-state index >= 15 is 0 Å². The quantitative estimate of drug-likeness (QED) is 0.927. The Morgan fingerprint density at radius 2 is 2.30 bits per heavy atom. The zero-order chi connectivity index (χ0) is 14.1. The van der Waals surface area contributed by atoms with Crippen LogP contribution in [-0.2, 0) is 6.54 Å². The number of halogens is 1. The Kier molecular flexibility index (Phi) is 3.50. The van der Waals surface area contributed by atoms with Crippen LogP contribution in [0.5, 0.6) is 0 Å². The number of hydrogen-bond acceptors (Lipinski definition) is 5. The highest BCUT2D eigenvalue weighted by atomic mass is 19.1. The van der Waals surface area contributed by atoms with Crippen molar-refractivity contribution in [3.05, 3.63) is 47.4 Å². The van der Waals surface area contributed by atoms with E-state index in [0.29, 0.717) is 31.3 Å². The van der Waals surface area contributed by atoms with Crippen molar-refractivity contribution >= 4 is 0 Å². The Balaban J connectivity index is 1.81. The lowest BCUT2D eigenvalue weighted by Gasteiger charge is -2.22. The Morgan fingerprint density at radius 1 is 1.45 bits per heavy atom. The van der Waals surface area contributed by atoms with E-state index in [2.05, 4.69) is 10.2 Å². The van der Waals surface area contributed by atoms with Crippen molar-refractivity contribution in [3.63, 3.8) is 0 Å². The molecule has 2 atom stereocenters. The van der Waals surface area contributed by atoms with Gasteiger partial charge in [0.1, 0.15) is 5.82 Å². The van der Waals surface area contributed by atoms with Crippen LogP contribution in [0, 0.1) is 12.7 Å². The third-order valence-electron chi connectivity index (χ3n) is 3.52. The molecule has 1 aliphatic heterocycles. The van der Waals surface area contributed by atoms with Gasteiger partial charge in [-0.15, -0.1) is 10.2 Å². The van der Waals surface area contributed by atoms with E-state index < -0.39 is 6.10 Å². The molecular formula is C14H16FN3O2. The summed E-state index contributed by atoms with van der Waals surface area (Å²) in [5.41, 5.74) is 0.859. The fourth-order valence-corrected chi connectivity index (χ4v) is 2.69. The second-order valence-electron chi connectivity index (χ2n) is 5.10. The Hall–Kier alpha value is -1.79. The molecule has 2 aromatic rings. The molecule has 106 valence electrons. The average Bonchev–Trinajstić information content (AvgIpc) is 2.96. The molecule has 2 heterocycles.